The van der Waals surface area contributed by atoms with E-state index in [1.54, 1.807) is 0 Å². The molecule has 0 N–H and O–H groups in total. The van der Waals surface area contributed by atoms with E-state index in [1.807, 2.05) is 12.1 Å². The Bertz CT molecular complexity index is 357. The topological polar surface area (TPSA) is 18.5 Å². The van der Waals surface area contributed by atoms with Crippen molar-refractivity contribution in [2.45, 2.75) is 12.7 Å². The van der Waals surface area contributed by atoms with Crippen LogP contribution >= 0.6 is 12.6 Å². The fraction of sp³-hybridized carbons (Fsp3) is 0.385. The van der Waals surface area contributed by atoms with Gasteiger partial charge in [-0.05, 0) is 23.8 Å². The SMILES string of the molecule is SCCC=Cc1cccc(C2OCCO2)c1. The Labute approximate surface area is 102 Å². The van der Waals surface area contributed by atoms with Crippen molar-refractivity contribution in [3.63, 3.8) is 0 Å². The Morgan fingerprint density at radius 1 is 1.31 bits per heavy atom. The zero-order valence-electron chi connectivity index (χ0n) is 9.13. The molecule has 1 heterocycles. The first-order valence-electron chi connectivity index (χ1n) is 5.51. The molecule has 0 atom stereocenters. The molecule has 0 unspecified atom stereocenters. The molecule has 1 aromatic carbocycles. The quantitative estimate of drug-likeness (QED) is 0.810. The molecule has 3 heteroatoms. The summed E-state index contributed by atoms with van der Waals surface area (Å²) in [7, 11) is 0. The molecule has 1 aromatic rings. The third-order valence-electron chi connectivity index (χ3n) is 2.41. The minimum atomic E-state index is -0.182. The maximum absolute atomic E-state index is 5.46. The van der Waals surface area contributed by atoms with Gasteiger partial charge in [0.15, 0.2) is 6.29 Å². The van der Waals surface area contributed by atoms with Crippen LogP contribution in [0.15, 0.2) is 30.3 Å². The average molecular weight is 236 g/mol. The van der Waals surface area contributed by atoms with Crippen LogP contribution in [0.25, 0.3) is 6.08 Å². The second kappa shape index (κ2) is 6.09. The molecule has 0 amide bonds. The molecular formula is C13H16O2S. The molecular weight excluding hydrogens is 220 g/mol. The van der Waals surface area contributed by atoms with E-state index in [0.717, 1.165) is 17.7 Å². The molecule has 1 aliphatic rings. The highest BCUT2D eigenvalue weighted by Crippen LogP contribution is 2.24. The van der Waals surface area contributed by atoms with Crippen molar-refractivity contribution < 1.29 is 9.47 Å². The highest BCUT2D eigenvalue weighted by atomic mass is 32.1. The van der Waals surface area contributed by atoms with Crippen molar-refractivity contribution in [3.05, 3.63) is 41.5 Å². The predicted octanol–water partition coefficient (Wildman–Crippen LogP) is 3.07. The van der Waals surface area contributed by atoms with Gasteiger partial charge in [0.2, 0.25) is 0 Å². The zero-order chi connectivity index (χ0) is 11.2. The van der Waals surface area contributed by atoms with E-state index < -0.39 is 0 Å². The molecule has 0 aliphatic carbocycles. The van der Waals surface area contributed by atoms with Crippen LogP contribution in [-0.4, -0.2) is 19.0 Å². The largest absolute Gasteiger partial charge is 0.346 e. The van der Waals surface area contributed by atoms with Gasteiger partial charge in [-0.3, -0.25) is 0 Å². The summed E-state index contributed by atoms with van der Waals surface area (Å²) in [4.78, 5) is 0. The first-order chi connectivity index (χ1) is 7.90. The molecule has 1 saturated heterocycles. The second-order valence-corrected chi connectivity index (χ2v) is 4.11. The second-order valence-electron chi connectivity index (χ2n) is 3.66. The normalized spacial score (nSPS) is 17.3. The van der Waals surface area contributed by atoms with Gasteiger partial charge in [-0.25, -0.2) is 0 Å². The van der Waals surface area contributed by atoms with Crippen LogP contribution in [0, 0.1) is 0 Å². The number of hydrogen-bond acceptors (Lipinski definition) is 3. The van der Waals surface area contributed by atoms with Crippen molar-refractivity contribution in [1.82, 2.24) is 0 Å². The van der Waals surface area contributed by atoms with E-state index in [9.17, 15) is 0 Å². The standard InChI is InChI=1S/C13H16O2S/c16-9-2-1-4-11-5-3-6-12(10-11)13-14-7-8-15-13/h1,3-6,10,13,16H,2,7-9H2. The Kier molecular flexibility index (Phi) is 4.45. The van der Waals surface area contributed by atoms with Gasteiger partial charge in [-0.15, -0.1) is 0 Å². The van der Waals surface area contributed by atoms with E-state index in [0.29, 0.717) is 13.2 Å². The van der Waals surface area contributed by atoms with Gasteiger partial charge in [0.1, 0.15) is 0 Å². The third-order valence-corrected chi connectivity index (χ3v) is 2.67. The fourth-order valence-corrected chi connectivity index (χ4v) is 1.80. The van der Waals surface area contributed by atoms with E-state index in [2.05, 4.69) is 36.9 Å². The lowest BCUT2D eigenvalue weighted by Crippen LogP contribution is -1.97. The highest BCUT2D eigenvalue weighted by Gasteiger charge is 2.17. The number of hydrogen-bond donors (Lipinski definition) is 1. The number of benzene rings is 1. The zero-order valence-corrected chi connectivity index (χ0v) is 10.0. The van der Waals surface area contributed by atoms with E-state index in [1.165, 1.54) is 5.56 Å². The lowest BCUT2D eigenvalue weighted by atomic mass is 10.1. The Morgan fingerprint density at radius 3 is 2.88 bits per heavy atom. The minimum Gasteiger partial charge on any atom is -0.346 e. The molecule has 0 radical (unpaired) electrons. The summed E-state index contributed by atoms with van der Waals surface area (Å²) < 4.78 is 10.9. The number of allylic oxidation sites excluding steroid dienone is 1. The molecule has 0 bridgehead atoms. The maximum Gasteiger partial charge on any atom is 0.184 e. The van der Waals surface area contributed by atoms with Gasteiger partial charge in [0, 0.05) is 5.56 Å². The number of rotatable bonds is 4. The van der Waals surface area contributed by atoms with Crippen molar-refractivity contribution in [2.24, 2.45) is 0 Å². The van der Waals surface area contributed by atoms with Crippen LogP contribution in [0.2, 0.25) is 0 Å². The third kappa shape index (κ3) is 3.11. The monoisotopic (exact) mass is 236 g/mol. The van der Waals surface area contributed by atoms with Crippen LogP contribution in [0.5, 0.6) is 0 Å². The van der Waals surface area contributed by atoms with Gasteiger partial charge >= 0.3 is 0 Å². The van der Waals surface area contributed by atoms with E-state index >= 15 is 0 Å². The van der Waals surface area contributed by atoms with Crippen LogP contribution in [0.1, 0.15) is 23.8 Å². The smallest absolute Gasteiger partial charge is 0.184 e. The molecule has 2 rings (SSSR count). The molecule has 0 aromatic heterocycles. The van der Waals surface area contributed by atoms with Gasteiger partial charge in [0.25, 0.3) is 0 Å². The summed E-state index contributed by atoms with van der Waals surface area (Å²) in [5, 5.41) is 0. The van der Waals surface area contributed by atoms with Gasteiger partial charge < -0.3 is 9.47 Å². The van der Waals surface area contributed by atoms with Gasteiger partial charge in [-0.2, -0.15) is 12.6 Å². The van der Waals surface area contributed by atoms with Gasteiger partial charge in [-0.1, -0.05) is 30.4 Å². The van der Waals surface area contributed by atoms with Crippen LogP contribution in [0.4, 0.5) is 0 Å². The van der Waals surface area contributed by atoms with Crippen molar-refractivity contribution in [1.29, 1.82) is 0 Å². The summed E-state index contributed by atoms with van der Waals surface area (Å²) >= 11 is 4.17. The maximum atomic E-state index is 5.46. The minimum absolute atomic E-state index is 0.182. The van der Waals surface area contributed by atoms with Crippen molar-refractivity contribution in [2.75, 3.05) is 19.0 Å². The Balaban J connectivity index is 2.06. The van der Waals surface area contributed by atoms with E-state index in [-0.39, 0.29) is 6.29 Å². The molecule has 2 nitrogen and oxygen atoms in total. The summed E-state index contributed by atoms with van der Waals surface area (Å²) in [5.74, 6) is 0.880. The Hall–Kier alpha value is -0.770. The first kappa shape index (κ1) is 11.7. The fourth-order valence-electron chi connectivity index (χ4n) is 1.65. The molecule has 16 heavy (non-hydrogen) atoms. The van der Waals surface area contributed by atoms with Crippen LogP contribution in [-0.2, 0) is 9.47 Å². The predicted molar refractivity (Wildman–Crippen MR) is 68.6 cm³/mol. The van der Waals surface area contributed by atoms with Gasteiger partial charge in [0.05, 0.1) is 13.2 Å². The molecule has 1 aliphatic heterocycles. The molecule has 0 spiro atoms. The van der Waals surface area contributed by atoms with Crippen LogP contribution in [0.3, 0.4) is 0 Å². The summed E-state index contributed by atoms with van der Waals surface area (Å²) in [6, 6.07) is 8.24. The van der Waals surface area contributed by atoms with Crippen LogP contribution < -0.4 is 0 Å². The molecule has 86 valence electrons. The average Bonchev–Trinajstić information content (AvgIpc) is 2.83. The first-order valence-corrected chi connectivity index (χ1v) is 6.14. The summed E-state index contributed by atoms with van der Waals surface area (Å²) in [6.45, 7) is 1.37. The summed E-state index contributed by atoms with van der Waals surface area (Å²) in [5.41, 5.74) is 2.27. The Morgan fingerprint density at radius 2 is 2.12 bits per heavy atom. The highest BCUT2D eigenvalue weighted by molar-refractivity contribution is 7.80. The lowest BCUT2D eigenvalue weighted by molar-refractivity contribution is -0.0441. The summed E-state index contributed by atoms with van der Waals surface area (Å²) in [6.07, 6.45) is 5.04. The lowest BCUT2D eigenvalue weighted by Gasteiger charge is -2.09. The number of thiol groups is 1. The van der Waals surface area contributed by atoms with E-state index in [4.69, 9.17) is 9.47 Å². The molecule has 0 saturated carbocycles. The van der Waals surface area contributed by atoms with Crippen molar-refractivity contribution >= 4 is 18.7 Å². The number of ether oxygens (including phenoxy) is 2. The van der Waals surface area contributed by atoms with Crippen molar-refractivity contribution in [3.8, 4) is 0 Å². The molecule has 1 fully saturated rings.